The summed E-state index contributed by atoms with van der Waals surface area (Å²) in [5.41, 5.74) is 0. The van der Waals surface area contributed by atoms with Crippen molar-refractivity contribution in [1.29, 1.82) is 0 Å². The van der Waals surface area contributed by atoms with Crippen molar-refractivity contribution in [1.82, 2.24) is 0 Å². The van der Waals surface area contributed by atoms with Gasteiger partial charge in [0.25, 0.3) is 5.78 Å². The zero-order chi connectivity index (χ0) is 9.84. The SMILES string of the molecule is COc1coc(C(=O)C=O)c1OC. The van der Waals surface area contributed by atoms with Gasteiger partial charge in [0.2, 0.25) is 11.5 Å². The molecule has 0 atom stereocenters. The van der Waals surface area contributed by atoms with Gasteiger partial charge in [-0.2, -0.15) is 0 Å². The molecule has 0 N–H and O–H groups in total. The summed E-state index contributed by atoms with van der Waals surface area (Å²) in [4.78, 5) is 21.1. The summed E-state index contributed by atoms with van der Waals surface area (Å²) in [5, 5.41) is 0. The molecule has 0 amide bonds. The maximum absolute atomic E-state index is 10.9. The third-order valence-electron chi connectivity index (χ3n) is 1.47. The van der Waals surface area contributed by atoms with Gasteiger partial charge in [0, 0.05) is 0 Å². The van der Waals surface area contributed by atoms with E-state index in [0.29, 0.717) is 0 Å². The number of methoxy groups -OCH3 is 2. The van der Waals surface area contributed by atoms with Crippen LogP contribution in [0.2, 0.25) is 0 Å². The molecule has 5 nitrogen and oxygen atoms in total. The van der Waals surface area contributed by atoms with E-state index in [9.17, 15) is 9.59 Å². The average Bonchev–Trinajstić information content (AvgIpc) is 2.58. The zero-order valence-electron chi connectivity index (χ0n) is 7.20. The Labute approximate surface area is 74.2 Å². The van der Waals surface area contributed by atoms with Gasteiger partial charge in [-0.3, -0.25) is 9.59 Å². The topological polar surface area (TPSA) is 65.7 Å². The molecule has 0 bridgehead atoms. The van der Waals surface area contributed by atoms with E-state index in [1.54, 1.807) is 0 Å². The predicted molar refractivity (Wildman–Crippen MR) is 42.2 cm³/mol. The first-order valence-electron chi connectivity index (χ1n) is 3.43. The molecular formula is C8H8O5. The molecule has 0 aliphatic carbocycles. The summed E-state index contributed by atoms with van der Waals surface area (Å²) in [7, 11) is 2.76. The predicted octanol–water partition coefficient (Wildman–Crippen LogP) is 0.678. The third-order valence-corrected chi connectivity index (χ3v) is 1.47. The molecule has 70 valence electrons. The molecule has 0 spiro atoms. The Morgan fingerprint density at radius 3 is 2.62 bits per heavy atom. The molecule has 13 heavy (non-hydrogen) atoms. The summed E-state index contributed by atoms with van der Waals surface area (Å²) in [6, 6.07) is 0. The lowest BCUT2D eigenvalue weighted by Crippen LogP contribution is -2.00. The van der Waals surface area contributed by atoms with Crippen molar-refractivity contribution in [2.24, 2.45) is 0 Å². The number of furan rings is 1. The van der Waals surface area contributed by atoms with Crippen molar-refractivity contribution in [3.05, 3.63) is 12.0 Å². The monoisotopic (exact) mass is 184 g/mol. The van der Waals surface area contributed by atoms with Crippen LogP contribution in [-0.2, 0) is 4.79 Å². The first-order valence-corrected chi connectivity index (χ1v) is 3.43. The molecule has 0 aromatic carbocycles. The number of ether oxygens (including phenoxy) is 2. The molecule has 1 aromatic rings. The van der Waals surface area contributed by atoms with E-state index in [1.165, 1.54) is 20.5 Å². The van der Waals surface area contributed by atoms with Gasteiger partial charge >= 0.3 is 0 Å². The minimum atomic E-state index is -0.778. The van der Waals surface area contributed by atoms with Crippen LogP contribution in [0.25, 0.3) is 0 Å². The van der Waals surface area contributed by atoms with Crippen LogP contribution in [-0.4, -0.2) is 26.3 Å². The highest BCUT2D eigenvalue weighted by Crippen LogP contribution is 2.32. The molecule has 1 rings (SSSR count). The van der Waals surface area contributed by atoms with Gasteiger partial charge in [0.15, 0.2) is 12.0 Å². The summed E-state index contributed by atoms with van der Waals surface area (Å²) in [6.07, 6.45) is 1.36. The standard InChI is InChI=1S/C8H8O5/c1-11-6-4-13-7(5(10)3-9)8(6)12-2/h3-4H,1-2H3. The van der Waals surface area contributed by atoms with E-state index in [1.807, 2.05) is 0 Å². The van der Waals surface area contributed by atoms with Crippen molar-refractivity contribution in [3.63, 3.8) is 0 Å². The summed E-state index contributed by atoms with van der Waals surface area (Å²) in [5.74, 6) is -0.498. The van der Waals surface area contributed by atoms with Crippen molar-refractivity contribution >= 4 is 12.1 Å². The van der Waals surface area contributed by atoms with E-state index in [-0.39, 0.29) is 23.5 Å². The number of hydrogen-bond donors (Lipinski definition) is 0. The number of hydrogen-bond acceptors (Lipinski definition) is 5. The van der Waals surface area contributed by atoms with E-state index < -0.39 is 5.78 Å². The van der Waals surface area contributed by atoms with Crippen molar-refractivity contribution < 1.29 is 23.5 Å². The maximum Gasteiger partial charge on any atom is 0.264 e. The minimum Gasteiger partial charge on any atom is -0.490 e. The number of carbonyl (C=O) groups is 2. The molecule has 0 unspecified atom stereocenters. The fraction of sp³-hybridized carbons (Fsp3) is 0.250. The van der Waals surface area contributed by atoms with E-state index in [0.717, 1.165) is 0 Å². The zero-order valence-corrected chi connectivity index (χ0v) is 7.20. The van der Waals surface area contributed by atoms with Crippen LogP contribution in [0.15, 0.2) is 10.7 Å². The molecule has 5 heteroatoms. The first-order chi connectivity index (χ1) is 6.24. The van der Waals surface area contributed by atoms with Crippen LogP contribution in [0, 0.1) is 0 Å². The lowest BCUT2D eigenvalue weighted by atomic mass is 10.3. The summed E-state index contributed by atoms with van der Waals surface area (Å²) < 4.78 is 14.5. The van der Waals surface area contributed by atoms with Gasteiger partial charge in [-0.1, -0.05) is 0 Å². The third kappa shape index (κ3) is 1.53. The lowest BCUT2D eigenvalue weighted by Gasteiger charge is -1.99. The van der Waals surface area contributed by atoms with Crippen LogP contribution < -0.4 is 9.47 Å². The number of Topliss-reactive ketones (excluding diaryl/α,β-unsaturated/α-hetero) is 1. The Morgan fingerprint density at radius 2 is 2.15 bits per heavy atom. The number of carbonyl (C=O) groups excluding carboxylic acids is 2. The molecule has 0 radical (unpaired) electrons. The Balaban J connectivity index is 3.14. The number of rotatable bonds is 4. The quantitative estimate of drug-likeness (QED) is 0.391. The molecule has 0 fully saturated rings. The Kier molecular flexibility index (Phi) is 2.69. The van der Waals surface area contributed by atoms with Crippen LogP contribution in [0.4, 0.5) is 0 Å². The summed E-state index contributed by atoms with van der Waals surface area (Å²) in [6.45, 7) is 0. The van der Waals surface area contributed by atoms with Gasteiger partial charge < -0.3 is 13.9 Å². The fourth-order valence-corrected chi connectivity index (χ4v) is 0.889. The Hall–Kier alpha value is -1.78. The van der Waals surface area contributed by atoms with Gasteiger partial charge in [-0.05, 0) is 0 Å². The number of ketones is 1. The van der Waals surface area contributed by atoms with Gasteiger partial charge in [-0.15, -0.1) is 0 Å². The largest absolute Gasteiger partial charge is 0.490 e. The Bertz CT molecular complexity index is 325. The van der Waals surface area contributed by atoms with Crippen LogP contribution in [0.1, 0.15) is 10.6 Å². The van der Waals surface area contributed by atoms with Crippen LogP contribution >= 0.6 is 0 Å². The van der Waals surface area contributed by atoms with Crippen LogP contribution in [0.5, 0.6) is 11.5 Å². The number of aldehydes is 1. The molecule has 0 saturated carbocycles. The second kappa shape index (κ2) is 3.75. The van der Waals surface area contributed by atoms with Gasteiger partial charge in [0.05, 0.1) is 14.2 Å². The lowest BCUT2D eigenvalue weighted by molar-refractivity contribution is -0.104. The molecule has 1 aromatic heterocycles. The van der Waals surface area contributed by atoms with Crippen molar-refractivity contribution in [2.75, 3.05) is 14.2 Å². The smallest absolute Gasteiger partial charge is 0.264 e. The minimum absolute atomic E-state index is 0.139. The molecular weight excluding hydrogens is 176 g/mol. The molecule has 1 heterocycles. The van der Waals surface area contributed by atoms with Crippen molar-refractivity contribution in [2.45, 2.75) is 0 Å². The Morgan fingerprint density at radius 1 is 1.46 bits per heavy atom. The van der Waals surface area contributed by atoms with Crippen LogP contribution in [0.3, 0.4) is 0 Å². The second-order valence-electron chi connectivity index (χ2n) is 2.15. The molecule has 0 saturated heterocycles. The van der Waals surface area contributed by atoms with E-state index >= 15 is 0 Å². The van der Waals surface area contributed by atoms with E-state index in [4.69, 9.17) is 13.9 Å². The van der Waals surface area contributed by atoms with Gasteiger partial charge in [-0.25, -0.2) is 0 Å². The molecule has 0 aliphatic heterocycles. The normalized spacial score (nSPS) is 9.38. The highest BCUT2D eigenvalue weighted by atomic mass is 16.5. The van der Waals surface area contributed by atoms with Gasteiger partial charge in [0.1, 0.15) is 6.26 Å². The highest BCUT2D eigenvalue weighted by molar-refractivity contribution is 6.33. The van der Waals surface area contributed by atoms with Crippen molar-refractivity contribution in [3.8, 4) is 11.5 Å². The maximum atomic E-state index is 10.9. The average molecular weight is 184 g/mol. The van der Waals surface area contributed by atoms with E-state index in [2.05, 4.69) is 0 Å². The molecule has 0 aliphatic rings. The highest BCUT2D eigenvalue weighted by Gasteiger charge is 2.20. The first kappa shape index (κ1) is 9.31. The summed E-state index contributed by atoms with van der Waals surface area (Å²) >= 11 is 0. The second-order valence-corrected chi connectivity index (χ2v) is 2.15. The fourth-order valence-electron chi connectivity index (χ4n) is 0.889.